The maximum Gasteiger partial charge on any atom is 0.251 e. The van der Waals surface area contributed by atoms with Crippen molar-refractivity contribution in [1.29, 1.82) is 0 Å². The molecule has 2 aliphatic rings. The van der Waals surface area contributed by atoms with Gasteiger partial charge in [-0.3, -0.25) is 4.79 Å². The van der Waals surface area contributed by atoms with Gasteiger partial charge in [-0.1, -0.05) is 24.1 Å². The first kappa shape index (κ1) is 10.8. The number of benzene rings is 1. The average Bonchev–Trinajstić information content (AvgIpc) is 2.91. The fraction of sp³-hybridized carbons (Fsp3) is 0.533. The van der Waals surface area contributed by atoms with Crippen molar-refractivity contribution >= 4 is 5.91 Å². The lowest BCUT2D eigenvalue weighted by molar-refractivity contribution is 0.0923. The molecule has 2 bridgehead atoms. The Balaban J connectivity index is 1.68. The molecule has 2 heteroatoms. The molecule has 2 nitrogen and oxygen atoms in total. The van der Waals surface area contributed by atoms with E-state index in [1.165, 1.54) is 25.7 Å². The molecule has 17 heavy (non-hydrogen) atoms. The molecule has 2 saturated carbocycles. The summed E-state index contributed by atoms with van der Waals surface area (Å²) in [5, 5.41) is 3.21. The molecule has 1 amide bonds. The molecule has 0 unspecified atom stereocenters. The van der Waals surface area contributed by atoms with Crippen LogP contribution < -0.4 is 5.32 Å². The van der Waals surface area contributed by atoms with Crippen LogP contribution in [0.2, 0.25) is 0 Å². The molecular weight excluding hydrogens is 210 g/mol. The summed E-state index contributed by atoms with van der Waals surface area (Å²) < 4.78 is 0. The minimum absolute atomic E-state index is 0.103. The zero-order valence-corrected chi connectivity index (χ0v) is 10.3. The summed E-state index contributed by atoms with van der Waals surface area (Å²) in [5.74, 6) is 1.72. The van der Waals surface area contributed by atoms with E-state index >= 15 is 0 Å². The number of rotatable bonds is 2. The van der Waals surface area contributed by atoms with Crippen molar-refractivity contribution in [2.45, 2.75) is 38.6 Å². The second-order valence-electron chi connectivity index (χ2n) is 5.62. The summed E-state index contributed by atoms with van der Waals surface area (Å²) in [5.41, 5.74) is 1.94. The summed E-state index contributed by atoms with van der Waals surface area (Å²) in [7, 11) is 0. The van der Waals surface area contributed by atoms with Crippen molar-refractivity contribution in [1.82, 2.24) is 5.32 Å². The summed E-state index contributed by atoms with van der Waals surface area (Å²) >= 11 is 0. The molecule has 1 N–H and O–H groups in total. The second-order valence-corrected chi connectivity index (χ2v) is 5.62. The zero-order chi connectivity index (χ0) is 11.8. The molecule has 1 aromatic carbocycles. The van der Waals surface area contributed by atoms with Crippen LogP contribution in [0.15, 0.2) is 24.3 Å². The topological polar surface area (TPSA) is 29.1 Å². The fourth-order valence-corrected chi connectivity index (χ4v) is 3.46. The highest BCUT2D eigenvalue weighted by Gasteiger charge is 2.40. The number of aryl methyl sites for hydroxylation is 1. The van der Waals surface area contributed by atoms with E-state index in [1.54, 1.807) is 0 Å². The predicted molar refractivity (Wildman–Crippen MR) is 67.9 cm³/mol. The van der Waals surface area contributed by atoms with Gasteiger partial charge in [-0.2, -0.15) is 0 Å². The Hall–Kier alpha value is -1.31. The van der Waals surface area contributed by atoms with Crippen molar-refractivity contribution in [3.05, 3.63) is 35.4 Å². The van der Waals surface area contributed by atoms with E-state index in [0.717, 1.165) is 23.0 Å². The van der Waals surface area contributed by atoms with Crippen LogP contribution in [-0.4, -0.2) is 11.9 Å². The molecule has 2 fully saturated rings. The van der Waals surface area contributed by atoms with Crippen molar-refractivity contribution in [2.24, 2.45) is 11.8 Å². The quantitative estimate of drug-likeness (QED) is 0.830. The number of hydrogen-bond acceptors (Lipinski definition) is 1. The van der Waals surface area contributed by atoms with Crippen LogP contribution in [0.5, 0.6) is 0 Å². The van der Waals surface area contributed by atoms with Crippen LogP contribution >= 0.6 is 0 Å². The molecule has 3 rings (SSSR count). The Bertz CT molecular complexity index is 440. The lowest BCUT2D eigenvalue weighted by Crippen LogP contribution is -2.38. The average molecular weight is 229 g/mol. The monoisotopic (exact) mass is 229 g/mol. The van der Waals surface area contributed by atoms with Crippen LogP contribution in [0.25, 0.3) is 0 Å². The van der Waals surface area contributed by atoms with Gasteiger partial charge < -0.3 is 5.32 Å². The fourth-order valence-electron chi connectivity index (χ4n) is 3.46. The summed E-state index contributed by atoms with van der Waals surface area (Å²) in [4.78, 5) is 12.1. The molecule has 0 spiro atoms. The van der Waals surface area contributed by atoms with Gasteiger partial charge >= 0.3 is 0 Å². The third-order valence-electron chi connectivity index (χ3n) is 4.33. The van der Waals surface area contributed by atoms with Gasteiger partial charge in [0.2, 0.25) is 0 Å². The number of amides is 1. The Kier molecular flexibility index (Phi) is 2.65. The first-order chi connectivity index (χ1) is 8.22. The first-order valence-corrected chi connectivity index (χ1v) is 6.60. The highest BCUT2D eigenvalue weighted by Crippen LogP contribution is 2.44. The van der Waals surface area contributed by atoms with Crippen LogP contribution in [-0.2, 0) is 0 Å². The number of hydrogen-bond donors (Lipinski definition) is 1. The Morgan fingerprint density at radius 1 is 1.29 bits per heavy atom. The van der Waals surface area contributed by atoms with Gasteiger partial charge in [-0.05, 0) is 50.2 Å². The number of nitrogens with one attached hydrogen (secondary N) is 1. The molecule has 0 saturated heterocycles. The molecule has 2 aliphatic carbocycles. The molecular formula is C15H19NO. The summed E-state index contributed by atoms with van der Waals surface area (Å²) in [6.07, 6.45) is 5.21. The largest absolute Gasteiger partial charge is 0.349 e. The Morgan fingerprint density at radius 2 is 2.18 bits per heavy atom. The lowest BCUT2D eigenvalue weighted by Gasteiger charge is -2.22. The van der Waals surface area contributed by atoms with Crippen LogP contribution in [0.4, 0.5) is 0 Å². The minimum atomic E-state index is 0.103. The normalized spacial score (nSPS) is 30.5. The van der Waals surface area contributed by atoms with Gasteiger partial charge in [-0.25, -0.2) is 0 Å². The smallest absolute Gasteiger partial charge is 0.251 e. The van der Waals surface area contributed by atoms with Crippen molar-refractivity contribution < 1.29 is 4.79 Å². The van der Waals surface area contributed by atoms with Gasteiger partial charge in [0, 0.05) is 11.6 Å². The van der Waals surface area contributed by atoms with E-state index in [2.05, 4.69) is 5.32 Å². The van der Waals surface area contributed by atoms with Crippen molar-refractivity contribution in [3.63, 3.8) is 0 Å². The molecule has 0 aromatic heterocycles. The standard InChI is InChI=1S/C15H19NO/c1-10-3-2-4-13(7-10)15(17)16-14-9-11-5-6-12(14)8-11/h2-4,7,11-12,14H,5-6,8-9H2,1H3,(H,16,17)/t11-,12+,14-/m0/s1. The van der Waals surface area contributed by atoms with E-state index in [4.69, 9.17) is 0 Å². The summed E-state index contributed by atoms with van der Waals surface area (Å²) in [6, 6.07) is 8.26. The minimum Gasteiger partial charge on any atom is -0.349 e. The van der Waals surface area contributed by atoms with Gasteiger partial charge in [0.1, 0.15) is 0 Å². The highest BCUT2D eigenvalue weighted by molar-refractivity contribution is 5.94. The first-order valence-electron chi connectivity index (χ1n) is 6.60. The zero-order valence-electron chi connectivity index (χ0n) is 10.3. The maximum absolute atomic E-state index is 12.1. The number of carbonyl (C=O) groups is 1. The van der Waals surface area contributed by atoms with E-state index in [-0.39, 0.29) is 5.91 Å². The van der Waals surface area contributed by atoms with Gasteiger partial charge in [0.15, 0.2) is 0 Å². The van der Waals surface area contributed by atoms with Gasteiger partial charge in [0.25, 0.3) is 5.91 Å². The van der Waals surface area contributed by atoms with E-state index < -0.39 is 0 Å². The van der Waals surface area contributed by atoms with Crippen LogP contribution in [0.3, 0.4) is 0 Å². The Morgan fingerprint density at radius 3 is 2.82 bits per heavy atom. The van der Waals surface area contributed by atoms with Gasteiger partial charge in [-0.15, -0.1) is 0 Å². The molecule has 90 valence electrons. The van der Waals surface area contributed by atoms with Gasteiger partial charge in [0.05, 0.1) is 0 Å². The lowest BCUT2D eigenvalue weighted by atomic mass is 9.95. The molecule has 0 radical (unpaired) electrons. The van der Waals surface area contributed by atoms with E-state index in [9.17, 15) is 4.79 Å². The third kappa shape index (κ3) is 2.08. The molecule has 3 atom stereocenters. The third-order valence-corrected chi connectivity index (χ3v) is 4.33. The Labute approximate surface area is 102 Å². The SMILES string of the molecule is Cc1cccc(C(=O)N[C@H]2C[C@H]3CC[C@@H]2C3)c1. The molecule has 0 aliphatic heterocycles. The number of carbonyl (C=O) groups excluding carboxylic acids is 1. The molecule has 1 aromatic rings. The van der Waals surface area contributed by atoms with Crippen molar-refractivity contribution in [3.8, 4) is 0 Å². The maximum atomic E-state index is 12.1. The van der Waals surface area contributed by atoms with Crippen molar-refractivity contribution in [2.75, 3.05) is 0 Å². The molecule has 0 heterocycles. The van der Waals surface area contributed by atoms with E-state index in [0.29, 0.717) is 6.04 Å². The number of fused-ring (bicyclic) bond motifs is 2. The van der Waals surface area contributed by atoms with E-state index in [1.807, 2.05) is 31.2 Å². The highest BCUT2D eigenvalue weighted by atomic mass is 16.1. The van der Waals surface area contributed by atoms with Crippen LogP contribution in [0.1, 0.15) is 41.6 Å². The summed E-state index contributed by atoms with van der Waals surface area (Å²) in [6.45, 7) is 2.02. The van der Waals surface area contributed by atoms with Crippen LogP contribution in [0, 0.1) is 18.8 Å². The second kappa shape index (κ2) is 4.17. The predicted octanol–water partition coefficient (Wildman–Crippen LogP) is 2.91.